The Bertz CT molecular complexity index is 708. The van der Waals surface area contributed by atoms with Crippen LogP contribution in [0, 0.1) is 5.41 Å². The van der Waals surface area contributed by atoms with Gasteiger partial charge in [-0.15, -0.1) is 0 Å². The summed E-state index contributed by atoms with van der Waals surface area (Å²) >= 11 is 0. The van der Waals surface area contributed by atoms with E-state index < -0.39 is 0 Å². The summed E-state index contributed by atoms with van der Waals surface area (Å²) < 4.78 is 5.04. The lowest BCUT2D eigenvalue weighted by atomic mass is 9.89. The van der Waals surface area contributed by atoms with Gasteiger partial charge in [0.1, 0.15) is 0 Å². The van der Waals surface area contributed by atoms with Crippen LogP contribution in [0.15, 0.2) is 47.1 Å². The topological polar surface area (TPSA) is 91.6 Å². The van der Waals surface area contributed by atoms with Crippen LogP contribution in [0.4, 0.5) is 5.69 Å². The average Bonchev–Trinajstić information content (AvgIpc) is 3.13. The van der Waals surface area contributed by atoms with Crippen LogP contribution in [0.1, 0.15) is 47.6 Å². The van der Waals surface area contributed by atoms with Gasteiger partial charge in [0.2, 0.25) is 0 Å². The number of rotatable bonds is 8. The van der Waals surface area contributed by atoms with E-state index in [4.69, 9.17) is 4.42 Å². The van der Waals surface area contributed by atoms with Crippen molar-refractivity contribution in [1.29, 1.82) is 0 Å². The van der Waals surface area contributed by atoms with E-state index in [0.717, 1.165) is 12.8 Å². The van der Waals surface area contributed by atoms with Crippen molar-refractivity contribution >= 4 is 17.5 Å². The summed E-state index contributed by atoms with van der Waals surface area (Å²) in [5.74, 6) is -0.356. The first-order valence-corrected chi connectivity index (χ1v) is 8.25. The van der Waals surface area contributed by atoms with E-state index in [-0.39, 0.29) is 29.6 Å². The number of amides is 2. The summed E-state index contributed by atoms with van der Waals surface area (Å²) in [5.41, 5.74) is 0.856. The number of anilines is 1. The second-order valence-corrected chi connectivity index (χ2v) is 6.69. The molecule has 1 aromatic heterocycles. The highest BCUT2D eigenvalue weighted by Crippen LogP contribution is 2.20. The Labute approximate surface area is 147 Å². The van der Waals surface area contributed by atoms with Gasteiger partial charge in [0, 0.05) is 24.4 Å². The molecule has 0 aliphatic heterocycles. The van der Waals surface area contributed by atoms with Crippen LogP contribution in [0.25, 0.3) is 0 Å². The number of hydrogen-bond donors (Lipinski definition) is 3. The van der Waals surface area contributed by atoms with E-state index in [1.54, 1.807) is 36.4 Å². The molecule has 0 fully saturated rings. The lowest BCUT2D eigenvalue weighted by Gasteiger charge is -2.21. The number of furan rings is 1. The molecule has 6 nitrogen and oxygen atoms in total. The summed E-state index contributed by atoms with van der Waals surface area (Å²) in [4.78, 5) is 24.2. The van der Waals surface area contributed by atoms with Gasteiger partial charge in [-0.25, -0.2) is 0 Å². The molecule has 0 saturated heterocycles. The predicted octanol–water partition coefficient (Wildman–Crippen LogP) is 3.06. The van der Waals surface area contributed by atoms with Crippen molar-refractivity contribution in [2.24, 2.45) is 5.41 Å². The third-order valence-corrected chi connectivity index (χ3v) is 3.87. The highest BCUT2D eigenvalue weighted by atomic mass is 16.3. The van der Waals surface area contributed by atoms with Crippen molar-refractivity contribution in [2.75, 3.05) is 18.5 Å². The molecule has 134 valence electrons. The SMILES string of the molecule is CC(C)(CO)CCCNC(=O)c1cccc(NC(=O)c2ccco2)c1. The molecule has 2 amide bonds. The fraction of sp³-hybridized carbons (Fsp3) is 0.368. The van der Waals surface area contributed by atoms with Crippen LogP contribution in [0.2, 0.25) is 0 Å². The standard InChI is InChI=1S/C19H24N2O4/c1-19(2,13-22)9-5-10-20-17(23)14-6-3-7-15(12-14)21-18(24)16-8-4-11-25-16/h3-4,6-8,11-12,22H,5,9-10,13H2,1-2H3,(H,20,23)(H,21,24). The van der Waals surface area contributed by atoms with Crippen LogP contribution in [-0.4, -0.2) is 30.1 Å². The molecule has 6 heteroatoms. The lowest BCUT2D eigenvalue weighted by molar-refractivity contribution is 0.0946. The molecule has 0 aliphatic rings. The zero-order chi connectivity index (χ0) is 18.3. The first-order chi connectivity index (χ1) is 11.9. The van der Waals surface area contributed by atoms with Crippen molar-refractivity contribution in [2.45, 2.75) is 26.7 Å². The van der Waals surface area contributed by atoms with E-state index in [0.29, 0.717) is 17.8 Å². The molecule has 0 bridgehead atoms. The second-order valence-electron chi connectivity index (χ2n) is 6.69. The largest absolute Gasteiger partial charge is 0.459 e. The molecule has 3 N–H and O–H groups in total. The summed E-state index contributed by atoms with van der Waals surface area (Å²) in [5, 5.41) is 14.8. The first kappa shape index (κ1) is 18.7. The Morgan fingerprint density at radius 2 is 1.96 bits per heavy atom. The molecule has 2 aromatic rings. The molecule has 0 aliphatic carbocycles. The van der Waals surface area contributed by atoms with Gasteiger partial charge >= 0.3 is 0 Å². The van der Waals surface area contributed by atoms with Crippen molar-refractivity contribution in [3.63, 3.8) is 0 Å². The molecule has 0 spiro atoms. The summed E-state index contributed by atoms with van der Waals surface area (Å²) in [6.07, 6.45) is 3.04. The summed E-state index contributed by atoms with van der Waals surface area (Å²) in [6.45, 7) is 4.63. The zero-order valence-electron chi connectivity index (χ0n) is 14.5. The predicted molar refractivity (Wildman–Crippen MR) is 95.5 cm³/mol. The number of aliphatic hydroxyl groups is 1. The van der Waals surface area contributed by atoms with Gasteiger partial charge in [0.15, 0.2) is 5.76 Å². The maximum absolute atomic E-state index is 12.2. The molecule has 0 unspecified atom stereocenters. The van der Waals surface area contributed by atoms with Crippen LogP contribution >= 0.6 is 0 Å². The molecule has 0 atom stereocenters. The van der Waals surface area contributed by atoms with Gasteiger partial charge in [0.05, 0.1) is 6.26 Å². The molecular formula is C19H24N2O4. The van der Waals surface area contributed by atoms with Crippen molar-refractivity contribution in [1.82, 2.24) is 5.32 Å². The Morgan fingerprint density at radius 1 is 1.16 bits per heavy atom. The molecule has 25 heavy (non-hydrogen) atoms. The third kappa shape index (κ3) is 5.76. The number of aliphatic hydroxyl groups excluding tert-OH is 1. The van der Waals surface area contributed by atoms with E-state index in [1.165, 1.54) is 6.26 Å². The summed E-state index contributed by atoms with van der Waals surface area (Å²) in [7, 11) is 0. The second kappa shape index (κ2) is 8.48. The number of hydrogen-bond acceptors (Lipinski definition) is 4. The minimum Gasteiger partial charge on any atom is -0.459 e. The fourth-order valence-electron chi connectivity index (χ4n) is 2.29. The third-order valence-electron chi connectivity index (χ3n) is 3.87. The van der Waals surface area contributed by atoms with Crippen molar-refractivity contribution in [3.8, 4) is 0 Å². The quantitative estimate of drug-likeness (QED) is 0.642. The van der Waals surface area contributed by atoms with Gasteiger partial charge in [-0.1, -0.05) is 19.9 Å². The van der Waals surface area contributed by atoms with Crippen LogP contribution < -0.4 is 10.6 Å². The molecule has 1 heterocycles. The van der Waals surface area contributed by atoms with E-state index in [9.17, 15) is 14.7 Å². The highest BCUT2D eigenvalue weighted by Gasteiger charge is 2.16. The average molecular weight is 344 g/mol. The number of carbonyl (C=O) groups excluding carboxylic acids is 2. The first-order valence-electron chi connectivity index (χ1n) is 8.25. The monoisotopic (exact) mass is 344 g/mol. The Kier molecular flexibility index (Phi) is 6.36. The van der Waals surface area contributed by atoms with Gasteiger partial charge in [-0.05, 0) is 48.6 Å². The molecule has 2 rings (SSSR count). The minimum absolute atomic E-state index is 0.123. The highest BCUT2D eigenvalue weighted by molar-refractivity contribution is 6.03. The van der Waals surface area contributed by atoms with Gasteiger partial charge < -0.3 is 20.2 Å². The summed E-state index contributed by atoms with van der Waals surface area (Å²) in [6, 6.07) is 9.93. The Hall–Kier alpha value is -2.60. The zero-order valence-corrected chi connectivity index (χ0v) is 14.5. The number of carbonyl (C=O) groups is 2. The van der Waals surface area contributed by atoms with E-state index in [2.05, 4.69) is 10.6 Å². The normalized spacial score (nSPS) is 11.2. The van der Waals surface area contributed by atoms with Gasteiger partial charge in [-0.2, -0.15) is 0 Å². The Balaban J connectivity index is 1.87. The van der Waals surface area contributed by atoms with Gasteiger partial charge in [0.25, 0.3) is 11.8 Å². The van der Waals surface area contributed by atoms with Crippen LogP contribution in [-0.2, 0) is 0 Å². The van der Waals surface area contributed by atoms with Crippen LogP contribution in [0.5, 0.6) is 0 Å². The molecule has 0 saturated carbocycles. The Morgan fingerprint density at radius 3 is 2.64 bits per heavy atom. The molecule has 0 radical (unpaired) electrons. The maximum Gasteiger partial charge on any atom is 0.291 e. The molecular weight excluding hydrogens is 320 g/mol. The number of nitrogens with one attached hydrogen (secondary N) is 2. The lowest BCUT2D eigenvalue weighted by Crippen LogP contribution is -2.26. The molecule has 1 aromatic carbocycles. The number of benzene rings is 1. The van der Waals surface area contributed by atoms with E-state index in [1.807, 2.05) is 13.8 Å². The smallest absolute Gasteiger partial charge is 0.291 e. The van der Waals surface area contributed by atoms with Gasteiger partial charge in [-0.3, -0.25) is 9.59 Å². The maximum atomic E-state index is 12.2. The van der Waals surface area contributed by atoms with Crippen molar-refractivity contribution < 1.29 is 19.1 Å². The van der Waals surface area contributed by atoms with E-state index >= 15 is 0 Å². The fourth-order valence-corrected chi connectivity index (χ4v) is 2.29. The minimum atomic E-state index is -0.367. The van der Waals surface area contributed by atoms with Crippen LogP contribution in [0.3, 0.4) is 0 Å². The van der Waals surface area contributed by atoms with Crippen molar-refractivity contribution in [3.05, 3.63) is 54.0 Å².